The number of nitrogens with zero attached hydrogens (tertiary/aromatic N) is 2. The van der Waals surface area contributed by atoms with Gasteiger partial charge in [-0.3, -0.25) is 0 Å². The lowest BCUT2D eigenvalue weighted by atomic mass is 9.88. The normalized spacial score (nSPS) is 22.5. The van der Waals surface area contributed by atoms with Gasteiger partial charge in [0.25, 0.3) is 0 Å². The third kappa shape index (κ3) is 2.51. The van der Waals surface area contributed by atoms with E-state index in [0.29, 0.717) is 16.9 Å². The van der Waals surface area contributed by atoms with E-state index in [-0.39, 0.29) is 18.0 Å². The number of methoxy groups -OCH3 is 1. The van der Waals surface area contributed by atoms with Crippen LogP contribution in [0.4, 0.5) is 13.2 Å². The van der Waals surface area contributed by atoms with Crippen molar-refractivity contribution in [1.82, 2.24) is 9.55 Å². The third-order valence-electron chi connectivity index (χ3n) is 3.98. The minimum absolute atomic E-state index is 0.171. The topological polar surface area (TPSA) is 27.1 Å². The van der Waals surface area contributed by atoms with E-state index in [0.717, 1.165) is 25.0 Å². The molecule has 0 bridgehead atoms. The number of hydrogen-bond donors (Lipinski definition) is 0. The smallest absolute Gasteiger partial charge is 0.381 e. The zero-order chi connectivity index (χ0) is 15.2. The molecule has 3 rings (SSSR count). The van der Waals surface area contributed by atoms with Crippen LogP contribution in [0.1, 0.15) is 30.3 Å². The van der Waals surface area contributed by atoms with Crippen LogP contribution in [0.2, 0.25) is 0 Å². The second-order valence-corrected chi connectivity index (χ2v) is 5.48. The summed E-state index contributed by atoms with van der Waals surface area (Å²) in [5.74, 6) is 0.773. The first kappa shape index (κ1) is 14.7. The van der Waals surface area contributed by atoms with Gasteiger partial charge in [-0.2, -0.15) is 13.2 Å². The number of ether oxygens (including phenoxy) is 1. The predicted octanol–water partition coefficient (Wildman–Crippen LogP) is 4.14. The van der Waals surface area contributed by atoms with E-state index < -0.39 is 11.7 Å². The van der Waals surface area contributed by atoms with Gasteiger partial charge in [0.1, 0.15) is 5.82 Å². The van der Waals surface area contributed by atoms with Crippen LogP contribution >= 0.6 is 11.6 Å². The Morgan fingerprint density at radius 3 is 2.67 bits per heavy atom. The zero-order valence-electron chi connectivity index (χ0n) is 11.3. The molecule has 1 heterocycles. The first-order chi connectivity index (χ1) is 9.94. The van der Waals surface area contributed by atoms with Crippen molar-refractivity contribution in [1.29, 1.82) is 0 Å². The Hall–Kier alpha value is -1.27. The van der Waals surface area contributed by atoms with E-state index >= 15 is 0 Å². The highest BCUT2D eigenvalue weighted by molar-refractivity contribution is 6.16. The number of aromatic nitrogens is 2. The number of alkyl halides is 4. The summed E-state index contributed by atoms with van der Waals surface area (Å²) < 4.78 is 45.5. The van der Waals surface area contributed by atoms with Crippen molar-refractivity contribution in [2.24, 2.45) is 0 Å². The summed E-state index contributed by atoms with van der Waals surface area (Å²) in [5.41, 5.74) is 0.337. The van der Waals surface area contributed by atoms with Gasteiger partial charge >= 0.3 is 6.18 Å². The molecule has 1 aliphatic rings. The molecule has 0 N–H and O–H groups in total. The Balaban J connectivity index is 2.03. The molecule has 2 aromatic rings. The Bertz CT molecular complexity index is 662. The number of halogens is 4. The molecular weight excluding hydrogens is 305 g/mol. The number of rotatable bonds is 3. The van der Waals surface area contributed by atoms with Crippen molar-refractivity contribution in [2.75, 3.05) is 7.11 Å². The van der Waals surface area contributed by atoms with Crippen LogP contribution in [-0.2, 0) is 16.8 Å². The van der Waals surface area contributed by atoms with Crippen LogP contribution < -0.4 is 0 Å². The van der Waals surface area contributed by atoms with Gasteiger partial charge in [-0.05, 0) is 31.0 Å². The molecule has 1 fully saturated rings. The highest BCUT2D eigenvalue weighted by atomic mass is 35.5. The van der Waals surface area contributed by atoms with E-state index in [1.165, 1.54) is 6.07 Å². The van der Waals surface area contributed by atoms with Gasteiger partial charge in [-0.25, -0.2) is 4.98 Å². The van der Waals surface area contributed by atoms with E-state index in [4.69, 9.17) is 16.3 Å². The first-order valence-electron chi connectivity index (χ1n) is 6.61. The number of benzene rings is 1. The lowest BCUT2D eigenvalue weighted by molar-refractivity contribution is -0.137. The Kier molecular flexibility index (Phi) is 3.61. The molecule has 21 heavy (non-hydrogen) atoms. The predicted molar refractivity (Wildman–Crippen MR) is 73.4 cm³/mol. The van der Waals surface area contributed by atoms with Crippen molar-refractivity contribution in [3.05, 3.63) is 29.6 Å². The van der Waals surface area contributed by atoms with E-state index in [1.54, 1.807) is 7.11 Å². The minimum atomic E-state index is -4.36. The second kappa shape index (κ2) is 5.18. The molecule has 0 spiro atoms. The van der Waals surface area contributed by atoms with Crippen LogP contribution in [0.15, 0.2) is 18.2 Å². The molecule has 3 nitrogen and oxygen atoms in total. The van der Waals surface area contributed by atoms with Gasteiger partial charge in [-0.15, -0.1) is 11.6 Å². The van der Waals surface area contributed by atoms with Gasteiger partial charge in [0.2, 0.25) is 0 Å². The van der Waals surface area contributed by atoms with Gasteiger partial charge in [0.05, 0.1) is 28.6 Å². The highest BCUT2D eigenvalue weighted by Crippen LogP contribution is 2.39. The van der Waals surface area contributed by atoms with Crippen molar-refractivity contribution >= 4 is 22.6 Å². The molecule has 0 amide bonds. The molecule has 1 aromatic carbocycles. The summed E-state index contributed by atoms with van der Waals surface area (Å²) in [7, 11) is 1.66. The van der Waals surface area contributed by atoms with Gasteiger partial charge in [0.15, 0.2) is 0 Å². The Morgan fingerprint density at radius 1 is 1.38 bits per heavy atom. The van der Waals surface area contributed by atoms with Crippen molar-refractivity contribution in [2.45, 2.75) is 37.0 Å². The van der Waals surface area contributed by atoms with Gasteiger partial charge in [0, 0.05) is 13.2 Å². The number of fused-ring (bicyclic) bond motifs is 1. The average Bonchev–Trinajstić information content (AvgIpc) is 2.74. The fourth-order valence-corrected chi connectivity index (χ4v) is 2.96. The minimum Gasteiger partial charge on any atom is -0.381 e. The quantitative estimate of drug-likeness (QED) is 0.795. The van der Waals surface area contributed by atoms with Crippen molar-refractivity contribution < 1.29 is 17.9 Å². The Labute approximate surface area is 124 Å². The van der Waals surface area contributed by atoms with Crippen LogP contribution in [0, 0.1) is 0 Å². The summed E-state index contributed by atoms with van der Waals surface area (Å²) in [4.78, 5) is 4.25. The van der Waals surface area contributed by atoms with Crippen LogP contribution in [0.5, 0.6) is 0 Å². The maximum absolute atomic E-state index is 12.8. The molecule has 7 heteroatoms. The lowest BCUT2D eigenvalue weighted by Gasteiger charge is -2.36. The van der Waals surface area contributed by atoms with E-state index in [1.807, 2.05) is 4.57 Å². The fraction of sp³-hybridized carbons (Fsp3) is 0.500. The number of imidazole rings is 1. The van der Waals surface area contributed by atoms with E-state index in [9.17, 15) is 13.2 Å². The summed E-state index contributed by atoms with van der Waals surface area (Å²) in [6, 6.07) is 3.83. The largest absolute Gasteiger partial charge is 0.416 e. The summed E-state index contributed by atoms with van der Waals surface area (Å²) >= 11 is 5.89. The summed E-state index contributed by atoms with van der Waals surface area (Å²) in [6.45, 7) is 0. The second-order valence-electron chi connectivity index (χ2n) is 5.22. The first-order valence-corrected chi connectivity index (χ1v) is 7.14. The molecule has 0 atom stereocenters. The Morgan fingerprint density at radius 2 is 2.10 bits per heavy atom. The van der Waals surface area contributed by atoms with Crippen LogP contribution in [0.3, 0.4) is 0 Å². The van der Waals surface area contributed by atoms with Crippen LogP contribution in [-0.4, -0.2) is 22.8 Å². The maximum Gasteiger partial charge on any atom is 0.416 e. The standard InChI is InChI=1S/C14H14ClF3N2O/c1-21-10-5-9(6-10)20-12-3-2-8(14(16,17)18)4-11(12)19-13(20)7-15/h2-4,9-10H,5-7H2,1H3. The molecular formula is C14H14ClF3N2O. The third-order valence-corrected chi connectivity index (χ3v) is 4.22. The SMILES string of the molecule is COC1CC(n2c(CCl)nc3cc(C(F)(F)F)ccc32)C1. The highest BCUT2D eigenvalue weighted by Gasteiger charge is 2.34. The van der Waals surface area contributed by atoms with E-state index in [2.05, 4.69) is 4.98 Å². The molecule has 1 aromatic heterocycles. The summed E-state index contributed by atoms with van der Waals surface area (Å²) in [6.07, 6.45) is -2.51. The molecule has 0 saturated heterocycles. The molecule has 1 aliphatic carbocycles. The monoisotopic (exact) mass is 318 g/mol. The number of hydrogen-bond acceptors (Lipinski definition) is 2. The molecule has 1 saturated carbocycles. The van der Waals surface area contributed by atoms with Gasteiger partial charge in [-0.1, -0.05) is 0 Å². The molecule has 0 radical (unpaired) electrons. The fourth-order valence-electron chi connectivity index (χ4n) is 2.77. The average molecular weight is 319 g/mol. The molecule has 114 valence electrons. The van der Waals surface area contributed by atoms with Gasteiger partial charge < -0.3 is 9.30 Å². The summed E-state index contributed by atoms with van der Waals surface area (Å²) in [5, 5.41) is 0. The maximum atomic E-state index is 12.8. The molecule has 0 unspecified atom stereocenters. The van der Waals surface area contributed by atoms with Crippen molar-refractivity contribution in [3.63, 3.8) is 0 Å². The molecule has 0 aliphatic heterocycles. The van der Waals surface area contributed by atoms with Crippen LogP contribution in [0.25, 0.3) is 11.0 Å². The van der Waals surface area contributed by atoms with Crippen molar-refractivity contribution in [3.8, 4) is 0 Å². The lowest BCUT2D eigenvalue weighted by Crippen LogP contribution is -2.33. The zero-order valence-corrected chi connectivity index (χ0v) is 12.1.